The molecule has 25 rings (SSSR count). The topological polar surface area (TPSA) is 190 Å². The van der Waals surface area contributed by atoms with Crippen LogP contribution in [-0.4, -0.2) is 76.9 Å². The van der Waals surface area contributed by atoms with Crippen LogP contribution in [0.3, 0.4) is 0 Å². The van der Waals surface area contributed by atoms with E-state index in [1.54, 1.807) is 6.20 Å². The summed E-state index contributed by atoms with van der Waals surface area (Å²) in [6.45, 7) is 30.2. The number of fused-ring (bicyclic) bond motifs is 30. The van der Waals surface area contributed by atoms with Crippen LogP contribution in [0.25, 0.3) is 205 Å². The summed E-state index contributed by atoms with van der Waals surface area (Å²) in [6.07, 6.45) is 17.8. The van der Waals surface area contributed by atoms with Crippen LogP contribution >= 0.6 is 0 Å². The third-order valence-electron chi connectivity index (χ3n) is 27.4. The van der Waals surface area contributed by atoms with E-state index in [4.69, 9.17) is 59.3 Å². The van der Waals surface area contributed by atoms with Crippen LogP contribution in [0.15, 0.2) is 256 Å². The molecule has 0 spiro atoms. The van der Waals surface area contributed by atoms with Crippen LogP contribution in [0.1, 0.15) is 89.0 Å². The molecule has 0 fully saturated rings. The molecule has 18 heteroatoms. The standard InChI is InChI=1S/C115H87N15O3/c1-58-39-63(6)100(64(7)40-58)93-26-21-81-78-18-15-74(51-87(78)106-116-31-35-126(106)110(81)120-93)132-75-16-19-79-82-23-29-97(124-111(82)127-36-32-117-107(127)88(79)52-75)104-71(14)47-62(5)48-72(104)49-73-50-77(54-92-105(73)85-25-30-96(103-69(12)45-61(4)46-70(103)13)123-114(85)129-38-34-119-109(92)129)133-76-17-20-80-83-22-27-95(102-67(10)43-60(3)44-68(102)11)122-113(83)130-57-98(125-115(130)89(80)53-76)91-55-86-84-24-28-94(101-65(8)41-59(2)42-66(101)9)121-112(84)128-37-33-118-108(128)90(86)56-99(91)131/h15-48,50-57,131H,49H2,1-14H3. The summed E-state index contributed by atoms with van der Waals surface area (Å²) in [4.78, 5) is 53.3. The van der Waals surface area contributed by atoms with Gasteiger partial charge >= 0.3 is 0 Å². The van der Waals surface area contributed by atoms with E-state index in [2.05, 4.69) is 284 Å². The molecule has 25 aromatic rings. The van der Waals surface area contributed by atoms with E-state index in [1.165, 1.54) is 33.4 Å². The zero-order valence-corrected chi connectivity index (χ0v) is 75.9. The molecule has 133 heavy (non-hydrogen) atoms. The van der Waals surface area contributed by atoms with Gasteiger partial charge in [-0.2, -0.15) is 0 Å². The van der Waals surface area contributed by atoms with Gasteiger partial charge in [0.05, 0.1) is 34.2 Å². The summed E-state index contributed by atoms with van der Waals surface area (Å²) in [7, 11) is 0. The number of nitrogens with zero attached hydrogens (tertiary/aromatic N) is 15. The van der Waals surface area contributed by atoms with Gasteiger partial charge in [0.1, 0.15) is 85.2 Å². The fourth-order valence-corrected chi connectivity index (χ4v) is 22.4. The minimum Gasteiger partial charge on any atom is -0.507 e. The number of phenolic OH excluding ortho intramolecular Hbond substituents is 1. The molecule has 0 radical (unpaired) electrons. The van der Waals surface area contributed by atoms with E-state index in [0.29, 0.717) is 57.6 Å². The number of phenols is 1. The van der Waals surface area contributed by atoms with Crippen molar-refractivity contribution >= 4 is 137 Å². The number of aryl methyl sites for hydroxylation is 14. The predicted octanol–water partition coefficient (Wildman–Crippen LogP) is 27.6. The monoisotopic (exact) mass is 1730 g/mol. The van der Waals surface area contributed by atoms with E-state index in [-0.39, 0.29) is 5.75 Å². The number of aromatic nitrogens is 15. The largest absolute Gasteiger partial charge is 0.507 e. The molecule has 0 saturated carbocycles. The van der Waals surface area contributed by atoms with Gasteiger partial charge in [0.25, 0.3) is 0 Å². The number of ether oxygens (including phenoxy) is 2. The van der Waals surface area contributed by atoms with Crippen LogP contribution in [0.2, 0.25) is 0 Å². The lowest BCUT2D eigenvalue weighted by Gasteiger charge is -2.19. The third-order valence-corrected chi connectivity index (χ3v) is 27.4. The van der Waals surface area contributed by atoms with Gasteiger partial charge in [-0.25, -0.2) is 49.8 Å². The molecule has 0 bridgehead atoms. The maximum Gasteiger partial charge on any atom is 0.147 e. The van der Waals surface area contributed by atoms with Gasteiger partial charge in [0, 0.05) is 148 Å². The first-order valence-electron chi connectivity index (χ1n) is 45.1. The van der Waals surface area contributed by atoms with E-state index in [1.807, 2.05) is 84.3 Å². The molecule has 0 unspecified atom stereocenters. The fraction of sp³-hybridized carbons (Fsp3) is 0.130. The number of benzene rings is 10. The first-order valence-corrected chi connectivity index (χ1v) is 45.1. The number of hydrogen-bond donors (Lipinski definition) is 1. The first kappa shape index (κ1) is 78.6. The molecule has 0 atom stereocenters. The fourth-order valence-electron chi connectivity index (χ4n) is 22.4. The summed E-state index contributed by atoms with van der Waals surface area (Å²) in [6, 6.07) is 71.0. The lowest BCUT2D eigenvalue weighted by Crippen LogP contribution is -2.03. The summed E-state index contributed by atoms with van der Waals surface area (Å²) in [5.74, 6) is 2.60. The van der Waals surface area contributed by atoms with Crippen molar-refractivity contribution in [3.05, 3.63) is 345 Å². The minimum absolute atomic E-state index is 0.0575. The van der Waals surface area contributed by atoms with Crippen molar-refractivity contribution in [2.45, 2.75) is 103 Å². The van der Waals surface area contributed by atoms with Crippen molar-refractivity contribution in [3.8, 4) is 96.3 Å². The average Bonchev–Trinajstić information content (AvgIpc) is 1.66. The van der Waals surface area contributed by atoms with Crippen LogP contribution in [0.5, 0.6) is 28.7 Å². The molecule has 15 heterocycles. The number of hydrogen-bond acceptors (Lipinski definition) is 13. The summed E-state index contributed by atoms with van der Waals surface area (Å²) < 4.78 is 24.7. The van der Waals surface area contributed by atoms with Crippen molar-refractivity contribution in [2.75, 3.05) is 0 Å². The molecule has 10 aromatic carbocycles. The van der Waals surface area contributed by atoms with Crippen molar-refractivity contribution in [1.82, 2.24) is 71.8 Å². The molecule has 640 valence electrons. The van der Waals surface area contributed by atoms with Gasteiger partial charge < -0.3 is 14.6 Å². The molecule has 15 aromatic heterocycles. The molecule has 0 aliphatic carbocycles. The number of imidazole rings is 5. The van der Waals surface area contributed by atoms with Crippen LogP contribution in [0, 0.1) is 96.9 Å². The lowest BCUT2D eigenvalue weighted by molar-refractivity contribution is 0.478. The van der Waals surface area contributed by atoms with Gasteiger partial charge in [-0.15, -0.1) is 0 Å². The Bertz CT molecular complexity index is 9440. The van der Waals surface area contributed by atoms with Crippen LogP contribution in [0.4, 0.5) is 0 Å². The Hall–Kier alpha value is -16.6. The zero-order chi connectivity index (χ0) is 90.3. The van der Waals surface area contributed by atoms with Crippen LogP contribution < -0.4 is 9.47 Å². The second-order valence-electron chi connectivity index (χ2n) is 36.8. The van der Waals surface area contributed by atoms with Gasteiger partial charge in [0.15, 0.2) is 0 Å². The maximum absolute atomic E-state index is 12.6. The van der Waals surface area contributed by atoms with E-state index in [0.717, 1.165) is 232 Å². The highest BCUT2D eigenvalue weighted by atomic mass is 16.5. The second-order valence-corrected chi connectivity index (χ2v) is 36.8. The molecular weight excluding hydrogens is 1640 g/mol. The third kappa shape index (κ3) is 12.3. The van der Waals surface area contributed by atoms with Crippen molar-refractivity contribution < 1.29 is 14.6 Å². The number of aromatic hydroxyl groups is 1. The maximum atomic E-state index is 12.6. The average molecular weight is 1730 g/mol. The zero-order valence-electron chi connectivity index (χ0n) is 75.9. The van der Waals surface area contributed by atoms with Crippen molar-refractivity contribution in [2.24, 2.45) is 0 Å². The smallest absolute Gasteiger partial charge is 0.147 e. The minimum atomic E-state index is 0.0575. The molecule has 0 saturated heterocycles. The molecule has 0 aliphatic heterocycles. The van der Waals surface area contributed by atoms with Crippen molar-refractivity contribution in [3.63, 3.8) is 0 Å². The molecule has 18 nitrogen and oxygen atoms in total. The van der Waals surface area contributed by atoms with Gasteiger partial charge in [-0.3, -0.25) is 22.0 Å². The van der Waals surface area contributed by atoms with E-state index >= 15 is 0 Å². The Kier molecular flexibility index (Phi) is 17.3. The predicted molar refractivity (Wildman–Crippen MR) is 537 cm³/mol. The van der Waals surface area contributed by atoms with Crippen molar-refractivity contribution in [1.29, 1.82) is 0 Å². The van der Waals surface area contributed by atoms with Gasteiger partial charge in [-0.05, 0) is 326 Å². The van der Waals surface area contributed by atoms with E-state index < -0.39 is 0 Å². The highest BCUT2D eigenvalue weighted by Gasteiger charge is 2.28. The summed E-state index contributed by atoms with van der Waals surface area (Å²) in [5.41, 5.74) is 36.9. The number of rotatable bonds is 12. The molecule has 0 amide bonds. The normalized spacial score (nSPS) is 12.2. The van der Waals surface area contributed by atoms with Crippen LogP contribution in [-0.2, 0) is 6.42 Å². The van der Waals surface area contributed by atoms with E-state index in [9.17, 15) is 5.11 Å². The highest BCUT2D eigenvalue weighted by molar-refractivity contribution is 6.18. The highest BCUT2D eigenvalue weighted by Crippen LogP contribution is 2.47. The second kappa shape index (κ2) is 29.2. The lowest BCUT2D eigenvalue weighted by atomic mass is 9.89. The SMILES string of the molecule is Cc1cc(C)c(-c2ccc3c4ccc(Oc5ccc6c(c5)c5nccn5c5nc(-c7c(C)cc(C)cc7Cc7cc(Oc8ccc9c(c8)c8nc(-c%10cc%11c(cc%10O)c%10nccn%10c%10nc(-c%12c(C)cc(C)cc%12C)ccc%11%10)cn8c8nc(-c%10c(C)cc(C)cc%10C)ccc98)cc8c7c7ccc(-c9c(C)cc(C)cc9C)nc7n7ccnc87)ccc65)cc4c4nccn4c3n2)c(C)c1. The van der Waals surface area contributed by atoms with Gasteiger partial charge in [-0.1, -0.05) is 88.5 Å². The van der Waals surface area contributed by atoms with Gasteiger partial charge in [0.2, 0.25) is 0 Å². The first-order chi connectivity index (χ1) is 64.5. The molecule has 1 N–H and O–H groups in total. The summed E-state index contributed by atoms with van der Waals surface area (Å²) in [5, 5.41) is 26.6. The summed E-state index contributed by atoms with van der Waals surface area (Å²) >= 11 is 0. The quantitative estimate of drug-likeness (QED) is 0.114. The Balaban J connectivity index is 0.620. The Morgan fingerprint density at radius 3 is 0.932 bits per heavy atom. The molecular formula is C115H87N15O3. The number of pyridine rings is 10. The molecule has 0 aliphatic rings. The Morgan fingerprint density at radius 2 is 0.526 bits per heavy atom. The Labute approximate surface area is 763 Å². The Morgan fingerprint density at radius 1 is 0.233 bits per heavy atom.